The Hall–Kier alpha value is -0.920. The number of Topliss-reactive ketones (excluding diaryl/α,β-unsaturated/α-hetero) is 1. The molecule has 5 nitrogen and oxygen atoms in total. The van der Waals surface area contributed by atoms with Gasteiger partial charge in [0.25, 0.3) is 0 Å². The second-order valence-electron chi connectivity index (χ2n) is 4.42. The first-order chi connectivity index (χ1) is 8.91. The van der Waals surface area contributed by atoms with Crippen LogP contribution in [-0.2, 0) is 9.84 Å². The first kappa shape index (κ1) is 14.5. The van der Waals surface area contributed by atoms with Crippen LogP contribution in [0.4, 0.5) is 0 Å². The third-order valence-corrected chi connectivity index (χ3v) is 5.18. The first-order valence-electron chi connectivity index (χ1n) is 5.81. The summed E-state index contributed by atoms with van der Waals surface area (Å²) in [6, 6.07) is 4.99. The Bertz CT molecular complexity index is 588. The highest BCUT2D eigenvalue weighted by atomic mass is 79.9. The molecule has 19 heavy (non-hydrogen) atoms. The van der Waals surface area contributed by atoms with Crippen molar-refractivity contribution in [2.75, 3.05) is 18.1 Å². The van der Waals surface area contributed by atoms with Gasteiger partial charge < -0.3 is 10.5 Å². The molecule has 0 bridgehead atoms. The minimum absolute atomic E-state index is 0.0269. The monoisotopic (exact) mass is 347 g/mol. The fourth-order valence-corrected chi connectivity index (χ4v) is 3.45. The molecule has 1 fully saturated rings. The van der Waals surface area contributed by atoms with Crippen LogP contribution >= 0.6 is 15.9 Å². The van der Waals surface area contributed by atoms with Crippen molar-refractivity contribution < 1.29 is 17.9 Å². The van der Waals surface area contributed by atoms with E-state index in [4.69, 9.17) is 10.5 Å². The number of sulfone groups is 1. The highest BCUT2D eigenvalue weighted by Crippen LogP contribution is 2.29. The van der Waals surface area contributed by atoms with Crippen molar-refractivity contribution in [2.45, 2.75) is 12.5 Å². The molecular formula is C12H14BrNO4S. The maximum atomic E-state index is 11.7. The molecule has 1 aliphatic heterocycles. The molecule has 1 aromatic rings. The summed E-state index contributed by atoms with van der Waals surface area (Å²) in [7, 11) is -2.90. The van der Waals surface area contributed by atoms with Crippen LogP contribution in [-0.4, -0.2) is 38.4 Å². The summed E-state index contributed by atoms with van der Waals surface area (Å²) in [6.45, 7) is 0.314. The molecule has 0 saturated carbocycles. The van der Waals surface area contributed by atoms with E-state index in [1.165, 1.54) is 0 Å². The fourth-order valence-electron chi connectivity index (χ4n) is 1.81. The lowest BCUT2D eigenvalue weighted by Crippen LogP contribution is -2.45. The van der Waals surface area contributed by atoms with Gasteiger partial charge in [0.1, 0.15) is 11.9 Å². The van der Waals surface area contributed by atoms with Gasteiger partial charge in [-0.05, 0) is 40.7 Å². The summed E-state index contributed by atoms with van der Waals surface area (Å²) in [4.78, 5) is 11.7. The Labute approximate surface area is 120 Å². The first-order valence-corrected chi connectivity index (χ1v) is 8.42. The molecular weight excluding hydrogens is 334 g/mol. The van der Waals surface area contributed by atoms with E-state index in [-0.39, 0.29) is 23.4 Å². The number of carbonyl (C=O) groups is 1. The van der Waals surface area contributed by atoms with E-state index in [2.05, 4.69) is 15.9 Å². The summed E-state index contributed by atoms with van der Waals surface area (Å²) in [5, 5.41) is 0. The molecule has 0 atom stereocenters. The number of halogens is 1. The summed E-state index contributed by atoms with van der Waals surface area (Å²) < 4.78 is 28.3. The van der Waals surface area contributed by atoms with Crippen LogP contribution in [0.3, 0.4) is 0 Å². The van der Waals surface area contributed by atoms with Crippen molar-refractivity contribution in [2.24, 2.45) is 5.73 Å². The number of carbonyl (C=O) groups excluding carboxylic acids is 1. The van der Waals surface area contributed by atoms with Gasteiger partial charge in [-0.1, -0.05) is 0 Å². The maximum absolute atomic E-state index is 11.7. The molecule has 0 aromatic heterocycles. The van der Waals surface area contributed by atoms with Crippen LogP contribution in [0, 0.1) is 0 Å². The predicted molar refractivity (Wildman–Crippen MR) is 75.2 cm³/mol. The molecule has 1 saturated heterocycles. The number of hydrogen-bond donors (Lipinski definition) is 1. The van der Waals surface area contributed by atoms with Gasteiger partial charge in [0, 0.05) is 12.0 Å². The third kappa shape index (κ3) is 3.55. The van der Waals surface area contributed by atoms with Gasteiger partial charge in [0.05, 0.1) is 16.0 Å². The molecule has 2 N–H and O–H groups in total. The van der Waals surface area contributed by atoms with Gasteiger partial charge >= 0.3 is 0 Å². The minimum atomic E-state index is -2.90. The molecule has 104 valence electrons. The lowest BCUT2D eigenvalue weighted by atomic mass is 10.1. The Morgan fingerprint density at radius 2 is 2.11 bits per heavy atom. The number of ketones is 1. The van der Waals surface area contributed by atoms with E-state index in [1.54, 1.807) is 18.2 Å². The van der Waals surface area contributed by atoms with E-state index < -0.39 is 9.84 Å². The Morgan fingerprint density at radius 3 is 2.63 bits per heavy atom. The number of ether oxygens (including phenoxy) is 1. The molecule has 1 heterocycles. The maximum Gasteiger partial charge on any atom is 0.164 e. The Balaban J connectivity index is 2.05. The van der Waals surface area contributed by atoms with E-state index in [0.29, 0.717) is 28.8 Å². The van der Waals surface area contributed by atoms with Crippen molar-refractivity contribution in [1.82, 2.24) is 0 Å². The number of benzene rings is 1. The average Bonchev–Trinajstić information content (AvgIpc) is 2.29. The highest BCUT2D eigenvalue weighted by molar-refractivity contribution is 9.10. The molecule has 1 aromatic carbocycles. The van der Waals surface area contributed by atoms with Crippen LogP contribution in [0.5, 0.6) is 5.75 Å². The smallest absolute Gasteiger partial charge is 0.164 e. The van der Waals surface area contributed by atoms with Gasteiger partial charge in [-0.2, -0.15) is 0 Å². The second-order valence-corrected chi connectivity index (χ2v) is 7.43. The van der Waals surface area contributed by atoms with E-state index in [0.717, 1.165) is 0 Å². The van der Waals surface area contributed by atoms with Crippen molar-refractivity contribution in [3.05, 3.63) is 28.2 Å². The SMILES string of the molecule is NCCC(=O)c1ccc(OC2CS(=O)(=O)C2)c(Br)c1. The van der Waals surface area contributed by atoms with E-state index in [1.807, 2.05) is 0 Å². The second kappa shape index (κ2) is 5.60. The molecule has 7 heteroatoms. The van der Waals surface area contributed by atoms with E-state index in [9.17, 15) is 13.2 Å². The van der Waals surface area contributed by atoms with Gasteiger partial charge in [0.15, 0.2) is 15.6 Å². The molecule has 1 aliphatic rings. The largest absolute Gasteiger partial charge is 0.487 e. The highest BCUT2D eigenvalue weighted by Gasteiger charge is 2.35. The van der Waals surface area contributed by atoms with E-state index >= 15 is 0 Å². The minimum Gasteiger partial charge on any atom is -0.487 e. The fraction of sp³-hybridized carbons (Fsp3) is 0.417. The van der Waals surface area contributed by atoms with Crippen molar-refractivity contribution >= 4 is 31.6 Å². The number of nitrogens with two attached hydrogens (primary N) is 1. The van der Waals surface area contributed by atoms with Crippen molar-refractivity contribution in [3.8, 4) is 5.75 Å². The summed E-state index contributed by atoms with van der Waals surface area (Å²) in [6.07, 6.45) is -0.0000533. The van der Waals surface area contributed by atoms with Crippen molar-refractivity contribution in [3.63, 3.8) is 0 Å². The van der Waals surface area contributed by atoms with Gasteiger partial charge in [-0.15, -0.1) is 0 Å². The lowest BCUT2D eigenvalue weighted by molar-refractivity contribution is 0.0985. The zero-order chi connectivity index (χ0) is 14.0. The van der Waals surface area contributed by atoms with Crippen LogP contribution < -0.4 is 10.5 Å². The van der Waals surface area contributed by atoms with Crippen molar-refractivity contribution in [1.29, 1.82) is 0 Å². The number of rotatable bonds is 5. The zero-order valence-electron chi connectivity index (χ0n) is 10.1. The molecule has 0 amide bonds. The molecule has 0 unspecified atom stereocenters. The summed E-state index contributed by atoms with van der Waals surface area (Å²) in [5.74, 6) is 0.616. The molecule has 0 radical (unpaired) electrons. The van der Waals surface area contributed by atoms with Crippen LogP contribution in [0.1, 0.15) is 16.8 Å². The Morgan fingerprint density at radius 1 is 1.42 bits per heavy atom. The average molecular weight is 348 g/mol. The normalized spacial score (nSPS) is 17.8. The summed E-state index contributed by atoms with van der Waals surface area (Å²) >= 11 is 3.32. The zero-order valence-corrected chi connectivity index (χ0v) is 12.5. The predicted octanol–water partition coefficient (Wildman–Crippen LogP) is 1.16. The van der Waals surface area contributed by atoms with Gasteiger partial charge in [-0.3, -0.25) is 4.79 Å². The van der Waals surface area contributed by atoms with Crippen LogP contribution in [0.25, 0.3) is 0 Å². The quantitative estimate of drug-likeness (QED) is 0.807. The van der Waals surface area contributed by atoms with Crippen LogP contribution in [0.15, 0.2) is 22.7 Å². The van der Waals surface area contributed by atoms with Gasteiger partial charge in [0.2, 0.25) is 0 Å². The topological polar surface area (TPSA) is 86.5 Å². The molecule has 2 rings (SSSR count). The molecule has 0 aliphatic carbocycles. The standard InChI is InChI=1S/C12H14BrNO4S/c13-10-5-8(11(15)3-4-14)1-2-12(10)18-9-6-19(16,17)7-9/h1-2,5,9H,3-4,6-7,14H2. The molecule has 0 spiro atoms. The summed E-state index contributed by atoms with van der Waals surface area (Å²) in [5.41, 5.74) is 5.90. The number of hydrogen-bond acceptors (Lipinski definition) is 5. The Kier molecular flexibility index (Phi) is 4.27. The third-order valence-electron chi connectivity index (χ3n) is 2.80. The lowest BCUT2D eigenvalue weighted by Gasteiger charge is -2.27. The van der Waals surface area contributed by atoms with Gasteiger partial charge in [-0.25, -0.2) is 8.42 Å². The van der Waals surface area contributed by atoms with Crippen LogP contribution in [0.2, 0.25) is 0 Å².